The molecule has 0 saturated heterocycles. The van der Waals surface area contributed by atoms with Crippen LogP contribution in [-0.2, 0) is 0 Å². The molecule has 3 N–H and O–H groups in total. The SMILES string of the molecule is CC(C)(C)C1=CC(NC(=O)c2ccccc2)C(O)(O)C(C(C)(C)C)=C1. The number of aliphatic hydroxyl groups is 2. The van der Waals surface area contributed by atoms with Gasteiger partial charge in [0.05, 0.1) is 0 Å². The van der Waals surface area contributed by atoms with Crippen molar-refractivity contribution in [1.82, 2.24) is 5.32 Å². The number of hydrogen-bond donors (Lipinski definition) is 3. The number of amides is 1. The van der Waals surface area contributed by atoms with Crippen LogP contribution in [0.1, 0.15) is 51.9 Å². The van der Waals surface area contributed by atoms with Gasteiger partial charge in [-0.3, -0.25) is 4.79 Å². The van der Waals surface area contributed by atoms with Gasteiger partial charge >= 0.3 is 0 Å². The highest BCUT2D eigenvalue weighted by Crippen LogP contribution is 2.42. The molecule has 136 valence electrons. The van der Waals surface area contributed by atoms with Crippen LogP contribution < -0.4 is 5.32 Å². The first kappa shape index (κ1) is 19.4. The highest BCUT2D eigenvalue weighted by atomic mass is 16.5. The van der Waals surface area contributed by atoms with Gasteiger partial charge in [0.15, 0.2) is 0 Å². The number of nitrogens with one attached hydrogen (secondary N) is 1. The number of rotatable bonds is 2. The standard InChI is InChI=1S/C21H29NO3/c1-19(2,3)15-12-16(20(4,5)6)21(24,25)17(13-15)22-18(23)14-10-8-7-9-11-14/h7-13,17,24-25H,1-6H3,(H,22,23). The van der Waals surface area contributed by atoms with Gasteiger partial charge in [-0.25, -0.2) is 0 Å². The normalized spacial score (nSPS) is 20.6. The van der Waals surface area contributed by atoms with Gasteiger partial charge in [-0.05, 0) is 34.1 Å². The van der Waals surface area contributed by atoms with Gasteiger partial charge in [-0.2, -0.15) is 0 Å². The van der Waals surface area contributed by atoms with Crippen LogP contribution in [0.5, 0.6) is 0 Å². The number of carbonyl (C=O) groups is 1. The van der Waals surface area contributed by atoms with E-state index in [0.29, 0.717) is 11.1 Å². The Kier molecular flexibility index (Phi) is 4.99. The van der Waals surface area contributed by atoms with Crippen LogP contribution in [0.4, 0.5) is 0 Å². The van der Waals surface area contributed by atoms with Crippen molar-refractivity contribution in [1.29, 1.82) is 0 Å². The molecule has 1 aliphatic carbocycles. The molecule has 0 radical (unpaired) electrons. The lowest BCUT2D eigenvalue weighted by atomic mass is 9.71. The molecule has 1 amide bonds. The maximum atomic E-state index is 12.5. The lowest BCUT2D eigenvalue weighted by molar-refractivity contribution is -0.151. The fourth-order valence-electron chi connectivity index (χ4n) is 2.96. The van der Waals surface area contributed by atoms with Crippen LogP contribution >= 0.6 is 0 Å². The van der Waals surface area contributed by atoms with E-state index in [-0.39, 0.29) is 11.3 Å². The van der Waals surface area contributed by atoms with Crippen LogP contribution in [0.3, 0.4) is 0 Å². The number of carbonyl (C=O) groups excluding carboxylic acids is 1. The van der Waals surface area contributed by atoms with Gasteiger partial charge in [-0.1, -0.05) is 71.9 Å². The van der Waals surface area contributed by atoms with E-state index in [1.54, 1.807) is 30.3 Å². The van der Waals surface area contributed by atoms with Crippen molar-refractivity contribution in [3.8, 4) is 0 Å². The van der Waals surface area contributed by atoms with Crippen LogP contribution in [-0.4, -0.2) is 27.9 Å². The second-order valence-corrected chi connectivity index (χ2v) is 8.72. The Labute approximate surface area is 150 Å². The number of allylic oxidation sites excluding steroid dienone is 2. The fraction of sp³-hybridized carbons (Fsp3) is 0.476. The summed E-state index contributed by atoms with van der Waals surface area (Å²) in [6.45, 7) is 12.0. The van der Waals surface area contributed by atoms with E-state index in [1.165, 1.54) is 0 Å². The maximum Gasteiger partial charge on any atom is 0.251 e. The quantitative estimate of drug-likeness (QED) is 0.721. The molecular weight excluding hydrogens is 314 g/mol. The van der Waals surface area contributed by atoms with Gasteiger partial charge in [-0.15, -0.1) is 0 Å². The minimum atomic E-state index is -2.14. The van der Waals surface area contributed by atoms with Gasteiger partial charge in [0.1, 0.15) is 6.04 Å². The van der Waals surface area contributed by atoms with E-state index in [9.17, 15) is 15.0 Å². The second-order valence-electron chi connectivity index (χ2n) is 8.72. The summed E-state index contributed by atoms with van der Waals surface area (Å²) >= 11 is 0. The number of hydrogen-bond acceptors (Lipinski definition) is 3. The summed E-state index contributed by atoms with van der Waals surface area (Å²) in [5, 5.41) is 24.4. The Bertz CT molecular complexity index is 701. The molecular formula is C21H29NO3. The van der Waals surface area contributed by atoms with Crippen LogP contribution in [0.15, 0.2) is 53.6 Å². The zero-order valence-electron chi connectivity index (χ0n) is 15.9. The zero-order valence-corrected chi connectivity index (χ0v) is 15.9. The van der Waals surface area contributed by atoms with E-state index in [4.69, 9.17) is 0 Å². The van der Waals surface area contributed by atoms with Crippen molar-refractivity contribution in [2.24, 2.45) is 10.8 Å². The van der Waals surface area contributed by atoms with E-state index >= 15 is 0 Å². The highest BCUT2D eigenvalue weighted by Gasteiger charge is 2.46. The first-order valence-electron chi connectivity index (χ1n) is 8.59. The average molecular weight is 343 g/mol. The van der Waals surface area contributed by atoms with Crippen molar-refractivity contribution in [2.45, 2.75) is 53.4 Å². The predicted octanol–water partition coefficient (Wildman–Crippen LogP) is 3.42. The molecule has 25 heavy (non-hydrogen) atoms. The molecule has 1 unspecified atom stereocenters. The van der Waals surface area contributed by atoms with E-state index in [1.807, 2.05) is 32.9 Å². The van der Waals surface area contributed by atoms with Crippen molar-refractivity contribution >= 4 is 5.91 Å². The first-order valence-corrected chi connectivity index (χ1v) is 8.59. The van der Waals surface area contributed by atoms with Gasteiger partial charge < -0.3 is 15.5 Å². The fourth-order valence-corrected chi connectivity index (χ4v) is 2.96. The maximum absolute atomic E-state index is 12.5. The molecule has 4 heteroatoms. The first-order chi connectivity index (χ1) is 11.3. The van der Waals surface area contributed by atoms with Gasteiger partial charge in [0.25, 0.3) is 5.91 Å². The summed E-state index contributed by atoms with van der Waals surface area (Å²) in [4.78, 5) is 12.5. The van der Waals surface area contributed by atoms with Crippen LogP contribution in [0.2, 0.25) is 0 Å². The third-order valence-electron chi connectivity index (χ3n) is 4.47. The molecule has 4 nitrogen and oxygen atoms in total. The molecule has 1 atom stereocenters. The summed E-state index contributed by atoms with van der Waals surface area (Å²) in [6, 6.07) is 7.86. The monoisotopic (exact) mass is 343 g/mol. The lowest BCUT2D eigenvalue weighted by Crippen LogP contribution is -2.56. The Morgan fingerprint density at radius 2 is 1.56 bits per heavy atom. The molecule has 2 rings (SSSR count). The Hall–Kier alpha value is -1.91. The topological polar surface area (TPSA) is 69.6 Å². The molecule has 0 bridgehead atoms. The third kappa shape index (κ3) is 4.20. The third-order valence-corrected chi connectivity index (χ3v) is 4.47. The molecule has 0 spiro atoms. The average Bonchev–Trinajstić information content (AvgIpc) is 2.47. The molecule has 0 aromatic heterocycles. The van der Waals surface area contributed by atoms with Crippen LogP contribution in [0, 0.1) is 10.8 Å². The smallest absolute Gasteiger partial charge is 0.251 e. The van der Waals surface area contributed by atoms with E-state index < -0.39 is 17.2 Å². The second kappa shape index (κ2) is 6.43. The minimum Gasteiger partial charge on any atom is -0.360 e. The highest BCUT2D eigenvalue weighted by molar-refractivity contribution is 5.94. The van der Waals surface area contributed by atoms with E-state index in [2.05, 4.69) is 26.1 Å². The molecule has 1 aliphatic rings. The van der Waals surface area contributed by atoms with Crippen molar-refractivity contribution in [2.75, 3.05) is 0 Å². The summed E-state index contributed by atoms with van der Waals surface area (Å²) in [5.74, 6) is -2.48. The molecule has 1 aromatic rings. The molecule has 0 fully saturated rings. The minimum absolute atomic E-state index is 0.178. The Balaban J connectivity index is 2.43. The summed E-state index contributed by atoms with van der Waals surface area (Å²) in [6.07, 6.45) is 3.60. The largest absolute Gasteiger partial charge is 0.360 e. The van der Waals surface area contributed by atoms with Crippen LogP contribution in [0.25, 0.3) is 0 Å². The number of benzene rings is 1. The van der Waals surface area contributed by atoms with Crippen molar-refractivity contribution in [3.05, 3.63) is 59.2 Å². The summed E-state index contributed by atoms with van der Waals surface area (Å²) in [5.41, 5.74) is 1.31. The molecule has 0 saturated carbocycles. The zero-order chi connectivity index (χ0) is 19.0. The molecule has 0 aliphatic heterocycles. The lowest BCUT2D eigenvalue weighted by Gasteiger charge is -2.42. The Morgan fingerprint density at radius 3 is 2.04 bits per heavy atom. The van der Waals surface area contributed by atoms with E-state index in [0.717, 1.165) is 5.57 Å². The summed E-state index contributed by atoms with van der Waals surface area (Å²) in [7, 11) is 0. The Morgan fingerprint density at radius 1 is 1.00 bits per heavy atom. The van der Waals surface area contributed by atoms with Crippen molar-refractivity contribution < 1.29 is 15.0 Å². The predicted molar refractivity (Wildman–Crippen MR) is 99.9 cm³/mol. The van der Waals surface area contributed by atoms with Crippen molar-refractivity contribution in [3.63, 3.8) is 0 Å². The molecule has 1 aromatic carbocycles. The van der Waals surface area contributed by atoms with Gasteiger partial charge in [0, 0.05) is 5.56 Å². The molecule has 0 heterocycles. The van der Waals surface area contributed by atoms with Gasteiger partial charge in [0.2, 0.25) is 5.79 Å². The summed E-state index contributed by atoms with van der Waals surface area (Å²) < 4.78 is 0.